The van der Waals surface area contributed by atoms with Crippen LogP contribution in [0.5, 0.6) is 0 Å². The maximum Gasteiger partial charge on any atom is 0.183 e. The molecular formula is C4H6FO2. The number of alkyl halides is 1. The predicted octanol–water partition coefficient (Wildman–Crippen LogP) is 0.155. The molecule has 0 aromatic heterocycles. The Bertz CT molecular complexity index is 64.6. The summed E-state index contributed by atoms with van der Waals surface area (Å²) in [5.74, 6) is 0. The molecule has 0 bridgehead atoms. The Kier molecular flexibility index (Phi) is 1.01. The molecule has 41 valence electrons. The Balaban J connectivity index is 2.29. The molecule has 2 nitrogen and oxygen atoms in total. The van der Waals surface area contributed by atoms with Gasteiger partial charge in [-0.15, -0.1) is 0 Å². The smallest absolute Gasteiger partial charge is 0.183 e. The van der Waals surface area contributed by atoms with Gasteiger partial charge in [-0.25, -0.2) is 9.50 Å². The zero-order chi connectivity index (χ0) is 5.33. The summed E-state index contributed by atoms with van der Waals surface area (Å²) < 4.78 is 16.7. The highest BCUT2D eigenvalue weighted by atomic mass is 19.1. The first-order chi connectivity index (χ1) is 3.27. The van der Waals surface area contributed by atoms with Crippen molar-refractivity contribution in [2.75, 3.05) is 19.8 Å². The molecule has 1 rings (SSSR count). The van der Waals surface area contributed by atoms with Gasteiger partial charge < -0.3 is 4.74 Å². The van der Waals surface area contributed by atoms with Crippen LogP contribution in [-0.2, 0) is 9.84 Å². The minimum Gasteiger partial charge on any atom is -0.374 e. The Morgan fingerprint density at radius 3 is 2.29 bits per heavy atom. The molecule has 0 aromatic rings. The Morgan fingerprint density at radius 1 is 1.71 bits per heavy atom. The van der Waals surface area contributed by atoms with Gasteiger partial charge in [0.05, 0.1) is 13.2 Å². The minimum absolute atomic E-state index is 0.00347. The molecule has 0 N–H and O–H groups in total. The number of hydrogen-bond donors (Lipinski definition) is 0. The van der Waals surface area contributed by atoms with E-state index in [9.17, 15) is 9.50 Å². The molecular weight excluding hydrogens is 99.0 g/mol. The third-order valence-corrected chi connectivity index (χ3v) is 0.980. The molecule has 1 radical (unpaired) electrons. The average molecular weight is 105 g/mol. The van der Waals surface area contributed by atoms with Crippen molar-refractivity contribution in [3.8, 4) is 0 Å². The van der Waals surface area contributed by atoms with Crippen molar-refractivity contribution in [3.63, 3.8) is 0 Å². The van der Waals surface area contributed by atoms with E-state index < -0.39 is 12.3 Å². The van der Waals surface area contributed by atoms with Gasteiger partial charge in [-0.05, 0) is 0 Å². The topological polar surface area (TPSA) is 29.1 Å². The molecule has 0 amide bonds. The van der Waals surface area contributed by atoms with Gasteiger partial charge >= 0.3 is 0 Å². The second-order valence-electron chi connectivity index (χ2n) is 1.79. The second-order valence-corrected chi connectivity index (χ2v) is 1.79. The normalized spacial score (nSPS) is 26.6. The van der Waals surface area contributed by atoms with Crippen LogP contribution >= 0.6 is 0 Å². The maximum atomic E-state index is 12.2. The lowest BCUT2D eigenvalue weighted by molar-refractivity contribution is -0.160. The molecule has 1 aliphatic rings. The molecule has 1 saturated heterocycles. The number of ether oxygens (including phenoxy) is 1. The van der Waals surface area contributed by atoms with Crippen molar-refractivity contribution >= 4 is 0 Å². The van der Waals surface area contributed by atoms with Crippen LogP contribution in [0.1, 0.15) is 0 Å². The third-order valence-electron chi connectivity index (χ3n) is 0.980. The SMILES string of the molecule is [O]CC1(F)COC1. The van der Waals surface area contributed by atoms with E-state index >= 15 is 0 Å². The highest BCUT2D eigenvalue weighted by molar-refractivity contribution is 4.84. The van der Waals surface area contributed by atoms with E-state index in [-0.39, 0.29) is 13.2 Å². The van der Waals surface area contributed by atoms with E-state index in [1.54, 1.807) is 0 Å². The summed E-state index contributed by atoms with van der Waals surface area (Å²) in [7, 11) is 0. The summed E-state index contributed by atoms with van der Waals surface area (Å²) >= 11 is 0. The first-order valence-electron chi connectivity index (χ1n) is 2.12. The lowest BCUT2D eigenvalue weighted by Gasteiger charge is -2.30. The Labute approximate surface area is 40.9 Å². The van der Waals surface area contributed by atoms with Gasteiger partial charge in [-0.2, -0.15) is 0 Å². The highest BCUT2D eigenvalue weighted by Crippen LogP contribution is 2.20. The van der Waals surface area contributed by atoms with Crippen LogP contribution < -0.4 is 0 Å². The van der Waals surface area contributed by atoms with Crippen molar-refractivity contribution < 1.29 is 14.2 Å². The first kappa shape index (κ1) is 5.00. The summed E-state index contributed by atoms with van der Waals surface area (Å²) in [5.41, 5.74) is -1.51. The fourth-order valence-corrected chi connectivity index (χ4v) is 0.407. The summed E-state index contributed by atoms with van der Waals surface area (Å²) in [4.78, 5) is 0. The molecule has 1 aliphatic heterocycles. The molecule has 7 heavy (non-hydrogen) atoms. The molecule has 0 aliphatic carbocycles. The quantitative estimate of drug-likeness (QED) is 0.467. The van der Waals surface area contributed by atoms with Crippen molar-refractivity contribution in [1.82, 2.24) is 0 Å². The van der Waals surface area contributed by atoms with Crippen molar-refractivity contribution in [1.29, 1.82) is 0 Å². The standard InChI is InChI=1S/C4H6FO2/c5-4(1-6)2-7-3-4/h1-3H2. The van der Waals surface area contributed by atoms with Gasteiger partial charge in [0.2, 0.25) is 0 Å². The predicted molar refractivity (Wildman–Crippen MR) is 20.2 cm³/mol. The van der Waals surface area contributed by atoms with Crippen LogP contribution in [0.15, 0.2) is 0 Å². The summed E-state index contributed by atoms with van der Waals surface area (Å²) in [5, 5.41) is 9.78. The summed E-state index contributed by atoms with van der Waals surface area (Å²) in [6.07, 6.45) is 0. The number of hydrogen-bond acceptors (Lipinski definition) is 1. The molecule has 0 unspecified atom stereocenters. The van der Waals surface area contributed by atoms with Gasteiger partial charge in [0.1, 0.15) is 6.61 Å². The molecule has 0 aromatic carbocycles. The van der Waals surface area contributed by atoms with Crippen LogP contribution in [0, 0.1) is 0 Å². The van der Waals surface area contributed by atoms with Crippen molar-refractivity contribution in [3.05, 3.63) is 0 Å². The van der Waals surface area contributed by atoms with E-state index in [0.29, 0.717) is 0 Å². The van der Waals surface area contributed by atoms with Crippen LogP contribution in [0.3, 0.4) is 0 Å². The van der Waals surface area contributed by atoms with Gasteiger partial charge in [-0.3, -0.25) is 0 Å². The van der Waals surface area contributed by atoms with E-state index in [2.05, 4.69) is 4.74 Å². The molecule has 1 fully saturated rings. The zero-order valence-corrected chi connectivity index (χ0v) is 3.82. The highest BCUT2D eigenvalue weighted by Gasteiger charge is 2.38. The fourth-order valence-electron chi connectivity index (χ4n) is 0.407. The van der Waals surface area contributed by atoms with Gasteiger partial charge in [0, 0.05) is 0 Å². The van der Waals surface area contributed by atoms with Gasteiger partial charge in [-0.1, -0.05) is 0 Å². The van der Waals surface area contributed by atoms with Crippen LogP contribution in [0.25, 0.3) is 0 Å². The Hall–Kier alpha value is -0.150. The Morgan fingerprint density at radius 2 is 2.29 bits per heavy atom. The zero-order valence-electron chi connectivity index (χ0n) is 3.82. The van der Waals surface area contributed by atoms with Crippen LogP contribution in [0.4, 0.5) is 4.39 Å². The maximum absolute atomic E-state index is 12.2. The van der Waals surface area contributed by atoms with Crippen LogP contribution in [-0.4, -0.2) is 25.5 Å². The average Bonchev–Trinajstić information content (AvgIpc) is 1.61. The minimum atomic E-state index is -1.51. The van der Waals surface area contributed by atoms with E-state index in [1.807, 2.05) is 0 Å². The van der Waals surface area contributed by atoms with Crippen molar-refractivity contribution in [2.24, 2.45) is 0 Å². The van der Waals surface area contributed by atoms with E-state index in [4.69, 9.17) is 0 Å². The monoisotopic (exact) mass is 105 g/mol. The number of rotatable bonds is 1. The lowest BCUT2D eigenvalue weighted by atomic mass is 10.1. The van der Waals surface area contributed by atoms with E-state index in [1.165, 1.54) is 0 Å². The van der Waals surface area contributed by atoms with Gasteiger partial charge in [0.15, 0.2) is 5.67 Å². The van der Waals surface area contributed by atoms with Crippen LogP contribution in [0.2, 0.25) is 0 Å². The molecule has 0 saturated carbocycles. The molecule has 0 spiro atoms. The second kappa shape index (κ2) is 1.42. The molecule has 0 atom stereocenters. The largest absolute Gasteiger partial charge is 0.374 e. The van der Waals surface area contributed by atoms with Crippen molar-refractivity contribution in [2.45, 2.75) is 5.67 Å². The molecule has 1 heterocycles. The first-order valence-corrected chi connectivity index (χ1v) is 2.12. The summed E-state index contributed by atoms with van der Waals surface area (Å²) in [6, 6.07) is 0. The molecule has 3 heteroatoms. The summed E-state index contributed by atoms with van der Waals surface area (Å²) in [6.45, 7) is -0.667. The third kappa shape index (κ3) is 0.737. The van der Waals surface area contributed by atoms with Gasteiger partial charge in [0.25, 0.3) is 0 Å². The lowest BCUT2D eigenvalue weighted by Crippen LogP contribution is -2.48. The fraction of sp³-hybridized carbons (Fsp3) is 1.00. The van der Waals surface area contributed by atoms with E-state index in [0.717, 1.165) is 0 Å². The number of halogens is 1.